The predicted molar refractivity (Wildman–Crippen MR) is 78.0 cm³/mol. The van der Waals surface area contributed by atoms with E-state index in [2.05, 4.69) is 0 Å². The first kappa shape index (κ1) is 15.8. The number of carbonyl (C=O) groups excluding carboxylic acids is 1. The monoisotopic (exact) mass is 313 g/mol. The van der Waals surface area contributed by atoms with E-state index < -0.39 is 5.97 Å². The number of hydrogen-bond acceptors (Lipinski definition) is 5. The van der Waals surface area contributed by atoms with Gasteiger partial charge in [0.25, 0.3) is 5.91 Å². The number of nitrogens with zero attached hydrogens (tertiary/aromatic N) is 1. The van der Waals surface area contributed by atoms with Crippen LogP contribution in [0.25, 0.3) is 0 Å². The number of ether oxygens (including phenoxy) is 2. The summed E-state index contributed by atoms with van der Waals surface area (Å²) in [5.74, 6) is -0.588. The second kappa shape index (κ2) is 7.42. The van der Waals surface area contributed by atoms with E-state index >= 15 is 0 Å². The van der Waals surface area contributed by atoms with E-state index in [1.807, 2.05) is 0 Å². The Morgan fingerprint density at radius 3 is 3.00 bits per heavy atom. The van der Waals surface area contributed by atoms with Gasteiger partial charge in [0.1, 0.15) is 10.6 Å². The lowest BCUT2D eigenvalue weighted by Crippen LogP contribution is -2.38. The van der Waals surface area contributed by atoms with Crippen molar-refractivity contribution in [1.29, 1.82) is 0 Å². The maximum atomic E-state index is 12.6. The smallest absolute Gasteiger partial charge is 0.305 e. The van der Waals surface area contributed by atoms with Crippen LogP contribution in [0.2, 0.25) is 0 Å². The van der Waals surface area contributed by atoms with Gasteiger partial charge in [-0.2, -0.15) is 0 Å². The molecule has 1 aliphatic rings. The summed E-state index contributed by atoms with van der Waals surface area (Å²) in [4.78, 5) is 25.4. The van der Waals surface area contributed by atoms with Crippen LogP contribution in [0.5, 0.6) is 5.75 Å². The molecule has 1 aliphatic heterocycles. The van der Waals surface area contributed by atoms with Gasteiger partial charge in [0.15, 0.2) is 0 Å². The number of hydrogen-bond donors (Lipinski definition) is 1. The van der Waals surface area contributed by atoms with Crippen LogP contribution in [0.3, 0.4) is 0 Å². The Bertz CT molecular complexity index is 495. The highest BCUT2D eigenvalue weighted by Gasteiger charge is 2.26. The first-order valence-corrected chi connectivity index (χ1v) is 7.74. The number of carboxylic acids is 1. The highest BCUT2D eigenvalue weighted by atomic mass is 32.1. The molecule has 1 aromatic heterocycles. The van der Waals surface area contributed by atoms with Crippen LogP contribution in [0.4, 0.5) is 0 Å². The molecular formula is C14H19NO5S. The summed E-state index contributed by atoms with van der Waals surface area (Å²) in [5, 5.41) is 10.6. The number of thiophene rings is 1. The largest absolute Gasteiger partial charge is 0.495 e. The van der Waals surface area contributed by atoms with E-state index in [1.54, 1.807) is 16.3 Å². The van der Waals surface area contributed by atoms with E-state index in [-0.39, 0.29) is 25.0 Å². The Morgan fingerprint density at radius 2 is 2.38 bits per heavy atom. The molecule has 1 N–H and O–H groups in total. The lowest BCUT2D eigenvalue weighted by atomic mass is 10.2. The number of carbonyl (C=O) groups is 2. The van der Waals surface area contributed by atoms with E-state index in [9.17, 15) is 9.59 Å². The molecule has 1 fully saturated rings. The quantitative estimate of drug-likeness (QED) is 0.831. The van der Waals surface area contributed by atoms with Crippen molar-refractivity contribution in [1.82, 2.24) is 4.90 Å². The molecule has 0 spiro atoms. The van der Waals surface area contributed by atoms with Gasteiger partial charge in [-0.3, -0.25) is 9.59 Å². The minimum absolute atomic E-state index is 0.00583. The molecule has 0 bridgehead atoms. The second-order valence-corrected chi connectivity index (χ2v) is 5.76. The first-order valence-electron chi connectivity index (χ1n) is 6.86. The Balaban J connectivity index is 2.08. The molecule has 6 nitrogen and oxygen atoms in total. The van der Waals surface area contributed by atoms with E-state index in [1.165, 1.54) is 18.4 Å². The van der Waals surface area contributed by atoms with Gasteiger partial charge in [0.05, 0.1) is 19.6 Å². The van der Waals surface area contributed by atoms with Crippen LogP contribution in [0, 0.1) is 0 Å². The van der Waals surface area contributed by atoms with E-state index in [4.69, 9.17) is 14.6 Å². The molecule has 1 aromatic rings. The fourth-order valence-corrected chi connectivity index (χ4v) is 3.12. The SMILES string of the molecule is COc1ccsc1C(=O)N(CCC(=O)O)CC1CCCO1. The van der Waals surface area contributed by atoms with Crippen LogP contribution in [-0.2, 0) is 9.53 Å². The molecule has 1 saturated heterocycles. The summed E-state index contributed by atoms with van der Waals surface area (Å²) in [5.41, 5.74) is 0. The van der Waals surface area contributed by atoms with Gasteiger partial charge in [-0.25, -0.2) is 0 Å². The highest BCUT2D eigenvalue weighted by molar-refractivity contribution is 7.12. The van der Waals surface area contributed by atoms with Gasteiger partial charge >= 0.3 is 5.97 Å². The van der Waals surface area contributed by atoms with E-state index in [0.29, 0.717) is 23.8 Å². The van der Waals surface area contributed by atoms with Crippen molar-refractivity contribution in [3.8, 4) is 5.75 Å². The summed E-state index contributed by atoms with van der Waals surface area (Å²) in [6.07, 6.45) is 1.80. The predicted octanol–water partition coefficient (Wildman–Crippen LogP) is 1.85. The molecule has 0 aliphatic carbocycles. The molecule has 116 valence electrons. The maximum Gasteiger partial charge on any atom is 0.305 e. The lowest BCUT2D eigenvalue weighted by Gasteiger charge is -2.24. The third kappa shape index (κ3) is 4.18. The Hall–Kier alpha value is -1.60. The summed E-state index contributed by atoms with van der Waals surface area (Å²) in [7, 11) is 1.51. The Labute approximate surface area is 127 Å². The molecule has 2 rings (SSSR count). The molecule has 0 aromatic carbocycles. The van der Waals surface area contributed by atoms with Crippen molar-refractivity contribution < 1.29 is 24.2 Å². The van der Waals surface area contributed by atoms with Gasteiger partial charge in [-0.1, -0.05) is 0 Å². The molecule has 1 unspecified atom stereocenters. The zero-order valence-electron chi connectivity index (χ0n) is 11.9. The van der Waals surface area contributed by atoms with Crippen LogP contribution in [0.15, 0.2) is 11.4 Å². The summed E-state index contributed by atoms with van der Waals surface area (Å²) in [6.45, 7) is 1.30. The summed E-state index contributed by atoms with van der Waals surface area (Å²) < 4.78 is 10.7. The van der Waals surface area contributed by atoms with Crippen LogP contribution < -0.4 is 4.74 Å². The van der Waals surface area contributed by atoms with Crippen molar-refractivity contribution >= 4 is 23.2 Å². The van der Waals surface area contributed by atoms with Crippen LogP contribution >= 0.6 is 11.3 Å². The average Bonchev–Trinajstić information content (AvgIpc) is 3.13. The Kier molecular flexibility index (Phi) is 5.58. The average molecular weight is 313 g/mol. The van der Waals surface area contributed by atoms with Crippen LogP contribution in [-0.4, -0.2) is 54.8 Å². The minimum atomic E-state index is -0.918. The van der Waals surface area contributed by atoms with Gasteiger partial charge < -0.3 is 19.5 Å². The second-order valence-electron chi connectivity index (χ2n) is 4.85. The molecule has 1 amide bonds. The van der Waals surface area contributed by atoms with Crippen LogP contribution in [0.1, 0.15) is 28.9 Å². The van der Waals surface area contributed by atoms with Crippen molar-refractivity contribution in [3.05, 3.63) is 16.3 Å². The summed E-state index contributed by atoms with van der Waals surface area (Å²) >= 11 is 1.30. The summed E-state index contributed by atoms with van der Waals surface area (Å²) in [6, 6.07) is 1.74. The van der Waals surface area contributed by atoms with Gasteiger partial charge in [-0.15, -0.1) is 11.3 Å². The number of methoxy groups -OCH3 is 1. The van der Waals surface area contributed by atoms with Gasteiger partial charge in [0, 0.05) is 19.7 Å². The van der Waals surface area contributed by atoms with E-state index in [0.717, 1.165) is 12.8 Å². The maximum absolute atomic E-state index is 12.6. The zero-order chi connectivity index (χ0) is 15.2. The Morgan fingerprint density at radius 1 is 1.57 bits per heavy atom. The number of aliphatic carboxylic acids is 1. The topological polar surface area (TPSA) is 76.1 Å². The molecule has 0 saturated carbocycles. The van der Waals surface area contributed by atoms with Gasteiger partial charge in [0.2, 0.25) is 0 Å². The molecule has 0 radical (unpaired) electrons. The normalized spacial score (nSPS) is 17.7. The highest BCUT2D eigenvalue weighted by Crippen LogP contribution is 2.26. The molecule has 2 heterocycles. The molecule has 1 atom stereocenters. The number of carboxylic acid groups (broad SMARTS) is 1. The molecular weight excluding hydrogens is 294 g/mol. The fourth-order valence-electron chi connectivity index (χ4n) is 2.30. The lowest BCUT2D eigenvalue weighted by molar-refractivity contribution is -0.137. The number of rotatable bonds is 7. The first-order chi connectivity index (χ1) is 10.1. The zero-order valence-corrected chi connectivity index (χ0v) is 12.7. The minimum Gasteiger partial charge on any atom is -0.495 e. The molecule has 7 heteroatoms. The van der Waals surface area contributed by atoms with Crippen molar-refractivity contribution in [2.45, 2.75) is 25.4 Å². The third-order valence-corrected chi connectivity index (χ3v) is 4.26. The van der Waals surface area contributed by atoms with Crippen molar-refractivity contribution in [3.63, 3.8) is 0 Å². The third-order valence-electron chi connectivity index (χ3n) is 3.37. The van der Waals surface area contributed by atoms with Gasteiger partial charge in [-0.05, 0) is 24.3 Å². The number of amides is 1. The fraction of sp³-hybridized carbons (Fsp3) is 0.571. The van der Waals surface area contributed by atoms with Crippen molar-refractivity contribution in [2.75, 3.05) is 26.8 Å². The van der Waals surface area contributed by atoms with Crippen molar-refractivity contribution in [2.24, 2.45) is 0 Å². The standard InChI is InChI=1S/C14H19NO5S/c1-19-11-5-8-21-13(11)14(18)15(6-4-12(16)17)9-10-3-2-7-20-10/h5,8,10H,2-4,6-7,9H2,1H3,(H,16,17). The molecule has 21 heavy (non-hydrogen) atoms.